The van der Waals surface area contributed by atoms with Crippen molar-refractivity contribution in [2.45, 2.75) is 35.7 Å². The Balaban J connectivity index is 2.00. The minimum Gasteiger partial charge on any atom is -0.328 e. The lowest BCUT2D eigenvalue weighted by Crippen LogP contribution is -2.17. The Morgan fingerprint density at radius 3 is 2.29 bits per heavy atom. The van der Waals surface area contributed by atoms with Gasteiger partial charge < -0.3 is 5.73 Å². The number of benzene rings is 1. The molecule has 0 amide bonds. The molecule has 0 saturated heterocycles. The molecule has 1 aromatic carbocycles. The van der Waals surface area contributed by atoms with Gasteiger partial charge in [-0.25, -0.2) is 0 Å². The van der Waals surface area contributed by atoms with Gasteiger partial charge in [-0.1, -0.05) is 12.1 Å². The first-order valence-corrected chi connectivity index (χ1v) is 6.30. The van der Waals surface area contributed by atoms with Crippen LogP contribution in [-0.2, 0) is 0 Å². The van der Waals surface area contributed by atoms with Crippen molar-refractivity contribution < 1.29 is 13.2 Å². The summed E-state index contributed by atoms with van der Waals surface area (Å²) in [5.41, 5.74) is 2.67. The van der Waals surface area contributed by atoms with Crippen molar-refractivity contribution in [1.82, 2.24) is 0 Å². The van der Waals surface area contributed by atoms with E-state index in [2.05, 4.69) is 0 Å². The van der Waals surface area contributed by atoms with Crippen LogP contribution in [0.2, 0.25) is 0 Å². The van der Waals surface area contributed by atoms with Gasteiger partial charge in [-0.05, 0) is 54.6 Å². The Kier molecular flexibility index (Phi) is 3.41. The highest BCUT2D eigenvalue weighted by Crippen LogP contribution is 2.49. The van der Waals surface area contributed by atoms with Crippen molar-refractivity contribution >= 4 is 11.8 Å². The van der Waals surface area contributed by atoms with Crippen molar-refractivity contribution in [1.29, 1.82) is 0 Å². The molecule has 3 unspecified atom stereocenters. The van der Waals surface area contributed by atoms with Gasteiger partial charge in [0.05, 0.1) is 0 Å². The summed E-state index contributed by atoms with van der Waals surface area (Å²) in [6.45, 7) is 1.97. The quantitative estimate of drug-likeness (QED) is 0.839. The van der Waals surface area contributed by atoms with Gasteiger partial charge in [-0.2, -0.15) is 13.2 Å². The molecule has 0 heterocycles. The zero-order valence-corrected chi connectivity index (χ0v) is 10.2. The smallest absolute Gasteiger partial charge is 0.328 e. The maximum atomic E-state index is 12.1. The molecule has 5 heteroatoms. The number of hydrogen-bond donors (Lipinski definition) is 1. The van der Waals surface area contributed by atoms with E-state index in [-0.39, 0.29) is 22.7 Å². The summed E-state index contributed by atoms with van der Waals surface area (Å²) in [6.07, 6.45) is 1.05. The highest BCUT2D eigenvalue weighted by Gasteiger charge is 2.40. The number of hydrogen-bond acceptors (Lipinski definition) is 2. The molecule has 0 radical (unpaired) electrons. The van der Waals surface area contributed by atoms with Crippen molar-refractivity contribution in [2.24, 2.45) is 11.7 Å². The lowest BCUT2D eigenvalue weighted by Gasteiger charge is -2.07. The fourth-order valence-electron chi connectivity index (χ4n) is 2.10. The fourth-order valence-corrected chi connectivity index (χ4v) is 2.64. The third-order valence-corrected chi connectivity index (χ3v) is 3.80. The standard InChI is InChI=1S/C12H14F3NS/c1-7(16)10-6-11(10)8-2-4-9(5-3-8)17-12(13,14)15/h2-5,7,10-11H,6,16H2,1H3. The predicted molar refractivity (Wildman–Crippen MR) is 62.9 cm³/mol. The minimum absolute atomic E-state index is 0.0760. The first-order valence-electron chi connectivity index (χ1n) is 5.48. The van der Waals surface area contributed by atoms with E-state index in [1.54, 1.807) is 12.1 Å². The topological polar surface area (TPSA) is 26.0 Å². The Morgan fingerprint density at radius 2 is 1.88 bits per heavy atom. The predicted octanol–water partition coefficient (Wildman–Crippen LogP) is 3.75. The van der Waals surface area contributed by atoms with Crippen LogP contribution >= 0.6 is 11.8 Å². The number of halogens is 3. The molecular formula is C12H14F3NS. The fraction of sp³-hybridized carbons (Fsp3) is 0.500. The monoisotopic (exact) mass is 261 g/mol. The Hall–Kier alpha value is -0.680. The van der Waals surface area contributed by atoms with Crippen LogP contribution in [0.25, 0.3) is 0 Å². The molecular weight excluding hydrogens is 247 g/mol. The summed E-state index contributed by atoms with van der Waals surface area (Å²) in [5.74, 6) is 0.913. The first kappa shape index (κ1) is 12.8. The van der Waals surface area contributed by atoms with Crippen molar-refractivity contribution in [2.75, 3.05) is 0 Å². The molecule has 0 aliphatic heterocycles. The van der Waals surface area contributed by atoms with Gasteiger partial charge in [0.25, 0.3) is 0 Å². The zero-order chi connectivity index (χ0) is 12.6. The van der Waals surface area contributed by atoms with Gasteiger partial charge in [-0.15, -0.1) is 0 Å². The third-order valence-electron chi connectivity index (χ3n) is 3.06. The summed E-state index contributed by atoms with van der Waals surface area (Å²) in [6, 6.07) is 6.78. The van der Waals surface area contributed by atoms with E-state index in [1.807, 2.05) is 6.92 Å². The number of thioether (sulfide) groups is 1. The van der Waals surface area contributed by atoms with Crippen LogP contribution in [0.4, 0.5) is 13.2 Å². The van der Waals surface area contributed by atoms with E-state index in [0.717, 1.165) is 12.0 Å². The van der Waals surface area contributed by atoms with Crippen LogP contribution in [0.1, 0.15) is 24.8 Å². The summed E-state index contributed by atoms with van der Waals surface area (Å²) < 4.78 is 36.4. The molecule has 3 atom stereocenters. The normalized spacial score (nSPS) is 25.7. The summed E-state index contributed by atoms with van der Waals surface area (Å²) >= 11 is -0.0760. The second kappa shape index (κ2) is 4.53. The van der Waals surface area contributed by atoms with Crippen molar-refractivity contribution in [3.63, 3.8) is 0 Å². The highest BCUT2D eigenvalue weighted by molar-refractivity contribution is 8.00. The second-order valence-electron chi connectivity index (χ2n) is 4.48. The number of nitrogens with two attached hydrogens (primary N) is 1. The third kappa shape index (κ3) is 3.39. The largest absolute Gasteiger partial charge is 0.446 e. The zero-order valence-electron chi connectivity index (χ0n) is 9.37. The molecule has 0 aromatic heterocycles. The van der Waals surface area contributed by atoms with Gasteiger partial charge in [0.2, 0.25) is 0 Å². The Morgan fingerprint density at radius 1 is 1.29 bits per heavy atom. The summed E-state index contributed by atoms with van der Waals surface area (Å²) in [7, 11) is 0. The number of rotatable bonds is 3. The van der Waals surface area contributed by atoms with Crippen molar-refractivity contribution in [3.8, 4) is 0 Å². The highest BCUT2D eigenvalue weighted by atomic mass is 32.2. The maximum absolute atomic E-state index is 12.1. The average molecular weight is 261 g/mol. The molecule has 17 heavy (non-hydrogen) atoms. The van der Waals surface area contributed by atoms with Gasteiger partial charge in [-0.3, -0.25) is 0 Å². The van der Waals surface area contributed by atoms with E-state index in [1.165, 1.54) is 12.1 Å². The summed E-state index contributed by atoms with van der Waals surface area (Å²) in [5, 5.41) is 0. The van der Waals surface area contributed by atoms with E-state index >= 15 is 0 Å². The van der Waals surface area contributed by atoms with Gasteiger partial charge >= 0.3 is 5.51 Å². The van der Waals surface area contributed by atoms with Crippen LogP contribution in [0, 0.1) is 5.92 Å². The lowest BCUT2D eigenvalue weighted by atomic mass is 10.1. The Bertz CT molecular complexity index is 386. The van der Waals surface area contributed by atoms with E-state index in [4.69, 9.17) is 5.73 Å². The van der Waals surface area contributed by atoms with Gasteiger partial charge in [0.15, 0.2) is 0 Å². The molecule has 1 aromatic rings. The van der Waals surface area contributed by atoms with Crippen molar-refractivity contribution in [3.05, 3.63) is 29.8 Å². The van der Waals surface area contributed by atoms with Gasteiger partial charge in [0, 0.05) is 10.9 Å². The molecule has 1 nitrogen and oxygen atoms in total. The van der Waals surface area contributed by atoms with Crippen LogP contribution in [0.15, 0.2) is 29.2 Å². The molecule has 2 rings (SSSR count). The maximum Gasteiger partial charge on any atom is 0.446 e. The van der Waals surface area contributed by atoms with E-state index in [0.29, 0.717) is 11.8 Å². The average Bonchev–Trinajstić information content (AvgIpc) is 2.96. The Labute approximate surface area is 103 Å². The molecule has 2 N–H and O–H groups in total. The van der Waals surface area contributed by atoms with E-state index < -0.39 is 5.51 Å². The van der Waals surface area contributed by atoms with Crippen LogP contribution < -0.4 is 5.73 Å². The molecule has 0 spiro atoms. The molecule has 1 aliphatic carbocycles. The molecule has 0 bridgehead atoms. The molecule has 1 aliphatic rings. The molecule has 94 valence electrons. The van der Waals surface area contributed by atoms with Crippen LogP contribution in [-0.4, -0.2) is 11.6 Å². The van der Waals surface area contributed by atoms with Crippen LogP contribution in [0.3, 0.4) is 0 Å². The first-order chi connectivity index (χ1) is 7.87. The van der Waals surface area contributed by atoms with Crippen LogP contribution in [0.5, 0.6) is 0 Å². The molecule has 1 fully saturated rings. The minimum atomic E-state index is -4.21. The second-order valence-corrected chi connectivity index (χ2v) is 5.62. The SMILES string of the molecule is CC(N)C1CC1c1ccc(SC(F)(F)F)cc1. The lowest BCUT2D eigenvalue weighted by molar-refractivity contribution is -0.0328. The molecule has 1 saturated carbocycles. The van der Waals surface area contributed by atoms with E-state index in [9.17, 15) is 13.2 Å². The summed E-state index contributed by atoms with van der Waals surface area (Å²) in [4.78, 5) is 0.235. The van der Waals surface area contributed by atoms with Gasteiger partial charge in [0.1, 0.15) is 0 Å². The number of alkyl halides is 3.